The molecule has 2 aliphatic rings. The van der Waals surface area contributed by atoms with Crippen molar-refractivity contribution in [2.24, 2.45) is 11.8 Å². The number of benzene rings is 1. The maximum atomic E-state index is 13.1. The summed E-state index contributed by atoms with van der Waals surface area (Å²) in [6.07, 6.45) is -2.30. The normalized spacial score (nSPS) is 26.6. The Kier molecular flexibility index (Phi) is 5.96. The number of carbonyl (C=O) groups is 3. The molecule has 1 aromatic carbocycles. The summed E-state index contributed by atoms with van der Waals surface area (Å²) >= 11 is 0. The molecule has 1 saturated heterocycles. The number of rotatable bonds is 5. The van der Waals surface area contributed by atoms with Gasteiger partial charge in [-0.2, -0.15) is 0 Å². The number of nitrogens with zero attached hydrogens (tertiary/aromatic N) is 1. The first-order chi connectivity index (χ1) is 14.0. The fourth-order valence-corrected chi connectivity index (χ4v) is 4.36. The first kappa shape index (κ1) is 21.9. The van der Waals surface area contributed by atoms with Crippen molar-refractivity contribution in [3.63, 3.8) is 0 Å². The quantitative estimate of drug-likeness (QED) is 0.708. The lowest BCUT2D eigenvalue weighted by atomic mass is 9.67. The van der Waals surface area contributed by atoms with Gasteiger partial charge >= 0.3 is 12.4 Å². The minimum Gasteiger partial charge on any atom is -0.405 e. The molecule has 3 rings (SSSR count). The second-order valence-corrected chi connectivity index (χ2v) is 7.86. The Morgan fingerprint density at radius 1 is 1.23 bits per heavy atom. The van der Waals surface area contributed by atoms with Crippen LogP contribution in [-0.2, 0) is 16.1 Å². The number of nitrogens with one attached hydrogen (secondary N) is 2. The van der Waals surface area contributed by atoms with E-state index in [9.17, 15) is 27.6 Å². The van der Waals surface area contributed by atoms with Crippen molar-refractivity contribution >= 4 is 17.8 Å². The van der Waals surface area contributed by atoms with Crippen LogP contribution in [0.25, 0.3) is 0 Å². The Morgan fingerprint density at radius 3 is 2.50 bits per heavy atom. The van der Waals surface area contributed by atoms with Gasteiger partial charge in [-0.3, -0.25) is 14.5 Å². The van der Waals surface area contributed by atoms with E-state index in [-0.39, 0.29) is 23.9 Å². The number of amides is 4. The van der Waals surface area contributed by atoms with Gasteiger partial charge in [-0.15, -0.1) is 13.2 Å². The summed E-state index contributed by atoms with van der Waals surface area (Å²) in [5.74, 6) is -1.63. The number of carbonyl (C=O) groups excluding carboxylic acids is 3. The molecule has 1 unspecified atom stereocenters. The molecule has 0 aromatic heterocycles. The Morgan fingerprint density at radius 2 is 1.87 bits per heavy atom. The summed E-state index contributed by atoms with van der Waals surface area (Å²) in [5.41, 5.74) is -0.894. The number of para-hydroxylation sites is 1. The van der Waals surface area contributed by atoms with Crippen LogP contribution in [0.1, 0.15) is 38.7 Å². The third-order valence-corrected chi connectivity index (χ3v) is 5.96. The molecule has 164 valence electrons. The highest BCUT2D eigenvalue weighted by molar-refractivity contribution is 6.09. The first-order valence-corrected chi connectivity index (χ1v) is 9.79. The number of halogens is 3. The molecule has 2 fully saturated rings. The van der Waals surface area contributed by atoms with Crippen molar-refractivity contribution in [3.8, 4) is 5.75 Å². The van der Waals surface area contributed by atoms with E-state index in [0.717, 1.165) is 30.2 Å². The third kappa shape index (κ3) is 4.22. The molecular formula is C20H24F3N3O4. The number of hydrogen-bond acceptors (Lipinski definition) is 4. The SMILES string of the molecule is C[C@@H]1CCC[C@H](C)C12NC(=O)N(CC(=O)NCc1ccccc1OC(F)(F)F)C2=O. The Bertz CT molecular complexity index is 833. The van der Waals surface area contributed by atoms with E-state index in [1.807, 2.05) is 13.8 Å². The summed E-state index contributed by atoms with van der Waals surface area (Å²) in [5, 5.41) is 5.24. The molecule has 0 radical (unpaired) electrons. The molecule has 7 nitrogen and oxygen atoms in total. The Labute approximate surface area is 171 Å². The van der Waals surface area contributed by atoms with Gasteiger partial charge in [0.05, 0.1) is 0 Å². The summed E-state index contributed by atoms with van der Waals surface area (Å²) in [7, 11) is 0. The van der Waals surface area contributed by atoms with Crippen LogP contribution >= 0.6 is 0 Å². The third-order valence-electron chi connectivity index (χ3n) is 5.96. The largest absolute Gasteiger partial charge is 0.573 e. The molecule has 30 heavy (non-hydrogen) atoms. The molecule has 4 amide bonds. The second-order valence-electron chi connectivity index (χ2n) is 7.86. The zero-order valence-electron chi connectivity index (χ0n) is 16.7. The molecule has 1 aromatic rings. The topological polar surface area (TPSA) is 87.7 Å². The van der Waals surface area contributed by atoms with Gasteiger partial charge in [0, 0.05) is 12.1 Å². The maximum absolute atomic E-state index is 13.1. The molecule has 10 heteroatoms. The molecule has 0 bridgehead atoms. The van der Waals surface area contributed by atoms with Gasteiger partial charge in [0.2, 0.25) is 5.91 Å². The monoisotopic (exact) mass is 427 g/mol. The van der Waals surface area contributed by atoms with Crippen LogP contribution in [0.2, 0.25) is 0 Å². The Balaban J connectivity index is 1.65. The minimum absolute atomic E-state index is 0.0582. The van der Waals surface area contributed by atoms with Crippen molar-refractivity contribution in [3.05, 3.63) is 29.8 Å². The number of alkyl halides is 3. The van der Waals surface area contributed by atoms with Gasteiger partial charge in [0.15, 0.2) is 0 Å². The van der Waals surface area contributed by atoms with Crippen LogP contribution < -0.4 is 15.4 Å². The van der Waals surface area contributed by atoms with Crippen LogP contribution in [0, 0.1) is 11.8 Å². The van der Waals surface area contributed by atoms with Crippen LogP contribution in [0.3, 0.4) is 0 Å². The number of urea groups is 1. The maximum Gasteiger partial charge on any atom is 0.573 e. The fourth-order valence-electron chi connectivity index (χ4n) is 4.36. The second kappa shape index (κ2) is 8.16. The number of hydrogen-bond donors (Lipinski definition) is 2. The lowest BCUT2D eigenvalue weighted by Gasteiger charge is -2.42. The molecular weight excluding hydrogens is 403 g/mol. The van der Waals surface area contributed by atoms with E-state index in [4.69, 9.17) is 0 Å². The molecule has 1 aliphatic carbocycles. The van der Waals surface area contributed by atoms with Crippen molar-refractivity contribution in [2.75, 3.05) is 6.54 Å². The zero-order chi connectivity index (χ0) is 22.1. The van der Waals surface area contributed by atoms with Crippen molar-refractivity contribution in [2.45, 2.75) is 51.6 Å². The smallest absolute Gasteiger partial charge is 0.405 e. The van der Waals surface area contributed by atoms with Crippen LogP contribution in [0.5, 0.6) is 5.75 Å². The average molecular weight is 427 g/mol. The Hall–Kier alpha value is -2.78. The average Bonchev–Trinajstić information content (AvgIpc) is 2.90. The molecule has 2 N–H and O–H groups in total. The van der Waals surface area contributed by atoms with Gasteiger partial charge < -0.3 is 15.4 Å². The van der Waals surface area contributed by atoms with Gasteiger partial charge in [-0.1, -0.05) is 38.5 Å². The zero-order valence-corrected chi connectivity index (χ0v) is 16.7. The fraction of sp³-hybridized carbons (Fsp3) is 0.550. The summed E-state index contributed by atoms with van der Waals surface area (Å²) in [6.45, 7) is 3.07. The highest BCUT2D eigenvalue weighted by Crippen LogP contribution is 2.42. The molecule has 3 atom stereocenters. The summed E-state index contributed by atoms with van der Waals surface area (Å²) < 4.78 is 41.5. The van der Waals surface area contributed by atoms with Gasteiger partial charge in [0.25, 0.3) is 5.91 Å². The van der Waals surface area contributed by atoms with Crippen molar-refractivity contribution in [1.82, 2.24) is 15.5 Å². The van der Waals surface area contributed by atoms with Crippen molar-refractivity contribution in [1.29, 1.82) is 0 Å². The van der Waals surface area contributed by atoms with Crippen LogP contribution in [-0.4, -0.2) is 41.2 Å². The highest BCUT2D eigenvalue weighted by Gasteiger charge is 2.58. The predicted molar refractivity (Wildman–Crippen MR) is 100 cm³/mol. The first-order valence-electron chi connectivity index (χ1n) is 9.79. The van der Waals surface area contributed by atoms with Crippen LogP contribution in [0.4, 0.5) is 18.0 Å². The minimum atomic E-state index is -4.86. The standard InChI is InChI=1S/C20H24F3N3O4/c1-12-6-5-7-13(2)19(12)17(28)26(18(29)25-19)11-16(27)24-10-14-8-3-4-9-15(14)30-20(21,22)23/h3-4,8-9,12-13H,5-7,10-11H2,1-2H3,(H,24,27)(H,25,29)/t12-,13+,19?. The van der Waals surface area contributed by atoms with E-state index in [1.165, 1.54) is 18.2 Å². The highest BCUT2D eigenvalue weighted by atomic mass is 19.4. The molecule has 1 spiro atoms. The van der Waals surface area contributed by atoms with Crippen LogP contribution in [0.15, 0.2) is 24.3 Å². The van der Waals surface area contributed by atoms with Gasteiger partial charge in [-0.05, 0) is 30.7 Å². The van der Waals surface area contributed by atoms with E-state index in [0.29, 0.717) is 0 Å². The van der Waals surface area contributed by atoms with Gasteiger partial charge in [0.1, 0.15) is 17.8 Å². The lowest BCUT2D eigenvalue weighted by molar-refractivity contribution is -0.274. The molecule has 1 heterocycles. The summed E-state index contributed by atoms with van der Waals surface area (Å²) in [4.78, 5) is 38.7. The predicted octanol–water partition coefficient (Wildman–Crippen LogP) is 2.95. The lowest BCUT2D eigenvalue weighted by Crippen LogP contribution is -2.59. The molecule has 1 aliphatic heterocycles. The summed E-state index contributed by atoms with van der Waals surface area (Å²) in [6, 6.07) is 4.79. The van der Waals surface area contributed by atoms with Gasteiger partial charge in [-0.25, -0.2) is 4.79 Å². The molecule has 1 saturated carbocycles. The number of imide groups is 1. The van der Waals surface area contributed by atoms with Crippen molar-refractivity contribution < 1.29 is 32.3 Å². The van der Waals surface area contributed by atoms with E-state index >= 15 is 0 Å². The van der Waals surface area contributed by atoms with E-state index < -0.39 is 42.0 Å². The number of ether oxygens (including phenoxy) is 1. The van der Waals surface area contributed by atoms with E-state index in [1.54, 1.807) is 0 Å². The van der Waals surface area contributed by atoms with E-state index in [2.05, 4.69) is 15.4 Å².